The van der Waals surface area contributed by atoms with Gasteiger partial charge in [0.15, 0.2) is 0 Å². The van der Waals surface area contributed by atoms with E-state index in [0.29, 0.717) is 0 Å². The first kappa shape index (κ1) is 17.0. The van der Waals surface area contributed by atoms with Gasteiger partial charge in [-0.2, -0.15) is 0 Å². The monoisotopic (exact) mass is 334 g/mol. The maximum absolute atomic E-state index is 7.75. The quantitative estimate of drug-likeness (QED) is 0.445. The summed E-state index contributed by atoms with van der Waals surface area (Å²) < 4.78 is 5.15. The predicted octanol–water partition coefficient (Wildman–Crippen LogP) is 1.53. The van der Waals surface area contributed by atoms with Gasteiger partial charge in [0.2, 0.25) is 0 Å². The topological polar surface area (TPSA) is 26.3 Å². The molecule has 0 unspecified atom stereocenters. The predicted molar refractivity (Wildman–Crippen MR) is 43.2 cm³/mol. The summed E-state index contributed by atoms with van der Waals surface area (Å²) >= 11 is 0. The summed E-state index contributed by atoms with van der Waals surface area (Å²) in [5.74, 6) is 0. The minimum atomic E-state index is -0.363. The smallest absolute Gasteiger partial charge is 0.132 e. The van der Waals surface area contributed by atoms with Gasteiger partial charge < -0.3 is 4.79 Å². The van der Waals surface area contributed by atoms with Gasteiger partial charge in [0.1, 0.15) is 8.15 Å². The average Bonchev–Trinajstić information content (AvgIpc) is 1.96. The Bertz CT molecular complexity index is 45.5. The Balaban J connectivity index is -0.000000149. The summed E-state index contributed by atoms with van der Waals surface area (Å²) in [6.45, 7) is 7.61. The molecule has 0 aliphatic carbocycles. The minimum absolute atomic E-state index is 0. The Hall–Kier alpha value is 0.748. The molecule has 62 valence electrons. The van der Waals surface area contributed by atoms with Gasteiger partial charge in [0.05, 0.1) is 19.4 Å². The number of carbonyl (C=O) groups excluding carboxylic acids is 1. The van der Waals surface area contributed by atoms with Crippen molar-refractivity contribution in [3.05, 3.63) is 0 Å². The van der Waals surface area contributed by atoms with Crippen molar-refractivity contribution in [3.63, 3.8) is 0 Å². The third kappa shape index (κ3) is 11.5. The fourth-order valence-electron chi connectivity index (χ4n) is 0.539. The Labute approximate surface area is 78.8 Å². The van der Waals surface area contributed by atoms with Crippen LogP contribution in [0.5, 0.6) is 0 Å². The molecule has 0 fully saturated rings. The number of hydrogen-bond acceptors (Lipinski definition) is 2. The van der Waals surface area contributed by atoms with Crippen LogP contribution in [-0.2, 0) is 30.4 Å². The third-order valence-electron chi connectivity index (χ3n) is 1.08. The second-order valence-corrected chi connectivity index (χ2v) is 4.35. The van der Waals surface area contributed by atoms with Crippen molar-refractivity contribution >= 4 is 14.9 Å². The molecule has 0 N–H and O–H groups in total. The Morgan fingerprint density at radius 3 is 1.60 bits per heavy atom. The second-order valence-electron chi connectivity index (χ2n) is 1.45. The van der Waals surface area contributed by atoms with E-state index >= 15 is 0 Å². The summed E-state index contributed by atoms with van der Waals surface area (Å²) in [6, 6.07) is 0. The van der Waals surface area contributed by atoms with Crippen LogP contribution in [0.4, 0.5) is 0 Å². The van der Waals surface area contributed by atoms with Crippen LogP contribution in [-0.4, -0.2) is 26.2 Å². The van der Waals surface area contributed by atoms with Crippen molar-refractivity contribution in [2.24, 2.45) is 0 Å². The molecule has 0 aliphatic heterocycles. The maximum Gasteiger partial charge on any atom is 0.132 e. The second kappa shape index (κ2) is 16.4. The normalized spacial score (nSPS) is 7.60. The van der Waals surface area contributed by atoms with Gasteiger partial charge in [-0.3, -0.25) is 6.79 Å². The van der Waals surface area contributed by atoms with Crippen LogP contribution in [0.3, 0.4) is 0 Å². The van der Waals surface area contributed by atoms with E-state index in [4.69, 9.17) is 9.32 Å². The van der Waals surface area contributed by atoms with Crippen molar-refractivity contribution in [2.45, 2.75) is 13.8 Å². The molecule has 2 nitrogen and oxygen atoms in total. The van der Waals surface area contributed by atoms with Gasteiger partial charge in [-0.15, -0.1) is 0 Å². The zero-order chi connectivity index (χ0) is 7.70. The molecule has 0 saturated heterocycles. The Kier molecular flexibility index (Phi) is 27.9. The van der Waals surface area contributed by atoms with Crippen LogP contribution in [0, 0.1) is 0 Å². The van der Waals surface area contributed by atoms with E-state index in [1.807, 2.05) is 0 Å². The third-order valence-corrected chi connectivity index (χ3v) is 3.23. The molecule has 0 aliphatic rings. The summed E-state index contributed by atoms with van der Waals surface area (Å²) in [4.78, 5) is 7.75. The van der Waals surface area contributed by atoms with Gasteiger partial charge in [-0.05, 0) is 13.8 Å². The van der Waals surface area contributed by atoms with Crippen molar-refractivity contribution < 1.29 is 30.4 Å². The van der Waals surface area contributed by atoms with E-state index in [2.05, 4.69) is 20.6 Å². The fourth-order valence-corrected chi connectivity index (χ4v) is 1.62. The molecule has 0 saturated carbocycles. The molecule has 0 aromatic rings. The van der Waals surface area contributed by atoms with E-state index in [0.717, 1.165) is 0 Å². The van der Waals surface area contributed by atoms with Crippen molar-refractivity contribution in [3.8, 4) is 0 Å². The van der Waals surface area contributed by atoms with E-state index in [9.17, 15) is 0 Å². The average molecular weight is 334 g/mol. The summed E-state index contributed by atoms with van der Waals surface area (Å²) in [5, 5.41) is 0. The molecule has 0 rings (SSSR count). The molecule has 0 bridgehead atoms. The van der Waals surface area contributed by atoms with E-state index in [-0.39, 0.29) is 29.2 Å². The number of rotatable bonds is 3. The fraction of sp³-hybridized carbons (Fsp3) is 0.833. The molecule has 0 radical (unpaired) electrons. The molecule has 0 atom stereocenters. The van der Waals surface area contributed by atoms with Crippen molar-refractivity contribution in [2.75, 3.05) is 19.4 Å². The van der Waals surface area contributed by atoms with Crippen molar-refractivity contribution in [1.82, 2.24) is 0 Å². The molecule has 0 aromatic carbocycles. The summed E-state index contributed by atoms with van der Waals surface area (Å²) in [7, 11) is 1.44. The first-order chi connectivity index (χ1) is 4.35. The van der Waals surface area contributed by atoms with E-state index in [1.54, 1.807) is 7.11 Å². The molecular weight excluding hydrogens is 319 g/mol. The van der Waals surface area contributed by atoms with Gasteiger partial charge in [-0.1, -0.05) is 0 Å². The summed E-state index contributed by atoms with van der Waals surface area (Å²) in [6.07, 6.45) is 2.47. The molecule has 4 heteroatoms. The van der Waals surface area contributed by atoms with Gasteiger partial charge >= 0.3 is 0 Å². The van der Waals surface area contributed by atoms with E-state index in [1.165, 1.54) is 12.3 Å². The minimum Gasteiger partial charge on any atom is -0.545 e. The van der Waals surface area contributed by atoms with Gasteiger partial charge in [0.25, 0.3) is 0 Å². The Morgan fingerprint density at radius 1 is 1.30 bits per heavy atom. The molecular formula is C6H15O2PW. The van der Waals surface area contributed by atoms with Crippen LogP contribution in [0.2, 0.25) is 0 Å². The van der Waals surface area contributed by atoms with Crippen LogP contribution in [0.25, 0.3) is 0 Å². The first-order valence-corrected chi connectivity index (χ1v) is 4.79. The maximum atomic E-state index is 7.75. The first-order valence-electron chi connectivity index (χ1n) is 2.97. The Morgan fingerprint density at radius 2 is 1.60 bits per heavy atom. The van der Waals surface area contributed by atoms with Crippen LogP contribution >= 0.6 is 8.15 Å². The standard InChI is InChI=1S/C5H13OP.CHO.W/c1-4-7(5-2)6-3;1-2;/h4-5H2,1-3H3;1H;/q;-1;/p+1. The van der Waals surface area contributed by atoms with Crippen molar-refractivity contribution in [1.29, 1.82) is 0 Å². The molecule has 10 heavy (non-hydrogen) atoms. The SMILES string of the molecule is CC[PH+](CC)OC.[CH-]=O.[W]. The van der Waals surface area contributed by atoms with Crippen LogP contribution < -0.4 is 0 Å². The van der Waals surface area contributed by atoms with Gasteiger partial charge in [0, 0.05) is 21.1 Å². The van der Waals surface area contributed by atoms with Crippen LogP contribution in [0.15, 0.2) is 0 Å². The van der Waals surface area contributed by atoms with Gasteiger partial charge in [-0.25, -0.2) is 4.52 Å². The molecule has 0 amide bonds. The zero-order valence-corrected chi connectivity index (χ0v) is 10.6. The molecule has 0 spiro atoms. The summed E-state index contributed by atoms with van der Waals surface area (Å²) in [5.41, 5.74) is 0. The largest absolute Gasteiger partial charge is 0.545 e. The molecule has 0 aromatic heterocycles. The van der Waals surface area contributed by atoms with Crippen LogP contribution in [0.1, 0.15) is 13.8 Å². The zero-order valence-electron chi connectivity index (χ0n) is 6.72. The number of hydrogen-bond donors (Lipinski definition) is 0. The molecule has 0 heterocycles. The van der Waals surface area contributed by atoms with E-state index < -0.39 is 0 Å².